The predicted molar refractivity (Wildman–Crippen MR) is 77.1 cm³/mol. The van der Waals surface area contributed by atoms with Crippen LogP contribution < -0.4 is 0 Å². The first-order chi connectivity index (χ1) is 9.61. The largest absolute Gasteiger partial charge is 0.299 e. The van der Waals surface area contributed by atoms with Gasteiger partial charge in [0.05, 0.1) is 0 Å². The summed E-state index contributed by atoms with van der Waals surface area (Å²) in [4.78, 5) is 25.0. The summed E-state index contributed by atoms with van der Waals surface area (Å²) in [5.74, 6) is 2.48. The Morgan fingerprint density at radius 3 is 2.80 bits per heavy atom. The van der Waals surface area contributed by atoms with Crippen molar-refractivity contribution in [2.75, 3.05) is 0 Å². The normalized spacial score (nSPS) is 47.4. The van der Waals surface area contributed by atoms with E-state index in [1.54, 1.807) is 0 Å². The Morgan fingerprint density at radius 1 is 1.10 bits per heavy atom. The lowest BCUT2D eigenvalue weighted by Crippen LogP contribution is -2.49. The van der Waals surface area contributed by atoms with Crippen LogP contribution in [0.2, 0.25) is 0 Å². The Balaban J connectivity index is 1.73. The maximum absolute atomic E-state index is 12.7. The van der Waals surface area contributed by atoms with Crippen LogP contribution in [0, 0.1) is 29.1 Å². The van der Waals surface area contributed by atoms with Crippen molar-refractivity contribution in [2.45, 2.75) is 58.3 Å². The van der Waals surface area contributed by atoms with Crippen molar-refractivity contribution >= 4 is 11.6 Å². The van der Waals surface area contributed by atoms with Gasteiger partial charge in [0.1, 0.15) is 5.78 Å². The van der Waals surface area contributed by atoms with E-state index in [-0.39, 0.29) is 11.3 Å². The lowest BCUT2D eigenvalue weighted by Gasteiger charge is -2.50. The third-order valence-electron chi connectivity index (χ3n) is 6.91. The van der Waals surface area contributed by atoms with E-state index in [9.17, 15) is 9.59 Å². The van der Waals surface area contributed by atoms with Crippen molar-refractivity contribution in [3.63, 3.8) is 0 Å². The standard InChI is InChI=1S/C18H24O2/c1-18-9-8-13-12-5-3-2-4-11(12)10-15(19)17(13)14(18)6-7-16(18)20/h10,12-14,17H,2-9H2,1H3. The topological polar surface area (TPSA) is 34.1 Å². The minimum absolute atomic E-state index is 0.159. The van der Waals surface area contributed by atoms with Crippen LogP contribution in [0.5, 0.6) is 0 Å². The van der Waals surface area contributed by atoms with E-state index < -0.39 is 0 Å². The summed E-state index contributed by atoms with van der Waals surface area (Å²) in [6.45, 7) is 2.14. The zero-order chi connectivity index (χ0) is 13.9. The van der Waals surface area contributed by atoms with Gasteiger partial charge in [-0.1, -0.05) is 18.9 Å². The molecule has 0 aromatic rings. The molecule has 0 N–H and O–H groups in total. The van der Waals surface area contributed by atoms with Crippen molar-refractivity contribution in [2.24, 2.45) is 29.1 Å². The molecule has 4 rings (SSSR count). The fourth-order valence-electron chi connectivity index (χ4n) is 5.81. The maximum atomic E-state index is 12.7. The third-order valence-corrected chi connectivity index (χ3v) is 6.91. The van der Waals surface area contributed by atoms with Crippen molar-refractivity contribution in [1.82, 2.24) is 0 Å². The number of hydrogen-bond donors (Lipinski definition) is 0. The highest BCUT2D eigenvalue weighted by Gasteiger charge is 2.57. The van der Waals surface area contributed by atoms with Gasteiger partial charge in [0.2, 0.25) is 0 Å². The van der Waals surface area contributed by atoms with E-state index in [2.05, 4.69) is 6.92 Å². The number of carbonyl (C=O) groups is 2. The minimum Gasteiger partial charge on any atom is -0.299 e. The number of Topliss-reactive ketones (excluding diaryl/α,β-unsaturated/α-hetero) is 1. The summed E-state index contributed by atoms with van der Waals surface area (Å²) in [5, 5.41) is 0. The van der Waals surface area contributed by atoms with E-state index in [0.29, 0.717) is 35.7 Å². The molecule has 0 spiro atoms. The molecule has 5 unspecified atom stereocenters. The number of carbonyl (C=O) groups excluding carboxylic acids is 2. The van der Waals surface area contributed by atoms with Crippen LogP contribution in [0.3, 0.4) is 0 Å². The number of allylic oxidation sites excluding steroid dienone is 2. The fourth-order valence-corrected chi connectivity index (χ4v) is 5.81. The average Bonchev–Trinajstić information content (AvgIpc) is 2.75. The van der Waals surface area contributed by atoms with Crippen LogP contribution in [0.15, 0.2) is 11.6 Å². The molecule has 0 heterocycles. The van der Waals surface area contributed by atoms with Crippen molar-refractivity contribution < 1.29 is 9.59 Å². The van der Waals surface area contributed by atoms with Crippen molar-refractivity contribution in [3.05, 3.63) is 11.6 Å². The minimum atomic E-state index is -0.184. The molecule has 0 aliphatic heterocycles. The highest BCUT2D eigenvalue weighted by Crippen LogP contribution is 2.59. The van der Waals surface area contributed by atoms with Crippen LogP contribution in [-0.4, -0.2) is 11.6 Å². The van der Waals surface area contributed by atoms with Crippen LogP contribution in [0.25, 0.3) is 0 Å². The maximum Gasteiger partial charge on any atom is 0.159 e. The highest BCUT2D eigenvalue weighted by molar-refractivity contribution is 5.96. The van der Waals surface area contributed by atoms with Gasteiger partial charge in [-0.25, -0.2) is 0 Å². The quantitative estimate of drug-likeness (QED) is 0.674. The predicted octanol–water partition coefficient (Wildman–Crippen LogP) is 3.70. The second kappa shape index (κ2) is 4.29. The molecular weight excluding hydrogens is 248 g/mol. The molecular formula is C18H24O2. The molecule has 5 atom stereocenters. The Bertz CT molecular complexity index is 504. The summed E-state index contributed by atoms with van der Waals surface area (Å²) >= 11 is 0. The van der Waals surface area contributed by atoms with Gasteiger partial charge < -0.3 is 0 Å². The molecule has 108 valence electrons. The smallest absolute Gasteiger partial charge is 0.159 e. The summed E-state index contributed by atoms with van der Waals surface area (Å²) < 4.78 is 0. The van der Waals surface area contributed by atoms with Gasteiger partial charge in [0.15, 0.2) is 5.78 Å². The highest BCUT2D eigenvalue weighted by atomic mass is 16.1. The molecule has 4 aliphatic carbocycles. The van der Waals surface area contributed by atoms with Crippen LogP contribution >= 0.6 is 0 Å². The molecule has 3 fully saturated rings. The summed E-state index contributed by atoms with van der Waals surface area (Å²) in [6, 6.07) is 0. The molecule has 0 radical (unpaired) electrons. The van der Waals surface area contributed by atoms with Crippen molar-refractivity contribution in [1.29, 1.82) is 0 Å². The first-order valence-corrected chi connectivity index (χ1v) is 8.39. The molecule has 0 amide bonds. The summed E-state index contributed by atoms with van der Waals surface area (Å²) in [5.41, 5.74) is 1.26. The van der Waals surface area contributed by atoms with E-state index in [4.69, 9.17) is 0 Å². The Kier molecular flexibility index (Phi) is 2.74. The van der Waals surface area contributed by atoms with Gasteiger partial charge >= 0.3 is 0 Å². The third kappa shape index (κ3) is 1.57. The Morgan fingerprint density at radius 2 is 1.95 bits per heavy atom. The van der Waals surface area contributed by atoms with E-state index in [1.807, 2.05) is 6.08 Å². The number of ketones is 2. The number of hydrogen-bond acceptors (Lipinski definition) is 2. The summed E-state index contributed by atoms with van der Waals surface area (Å²) in [7, 11) is 0. The molecule has 0 bridgehead atoms. The second-order valence-corrected chi connectivity index (χ2v) is 7.69. The zero-order valence-electron chi connectivity index (χ0n) is 12.4. The lowest BCUT2D eigenvalue weighted by molar-refractivity contribution is -0.136. The Labute approximate surface area is 121 Å². The SMILES string of the molecule is CC12CCC3C4CCCCC4=CC(=O)C3C1CCC2=O. The molecule has 0 aromatic carbocycles. The monoisotopic (exact) mass is 272 g/mol. The van der Waals surface area contributed by atoms with Gasteiger partial charge in [-0.2, -0.15) is 0 Å². The zero-order valence-corrected chi connectivity index (χ0v) is 12.4. The molecule has 3 saturated carbocycles. The van der Waals surface area contributed by atoms with Crippen LogP contribution in [-0.2, 0) is 9.59 Å². The summed E-state index contributed by atoms with van der Waals surface area (Å²) in [6.07, 6.45) is 10.8. The van der Waals surface area contributed by atoms with Gasteiger partial charge in [0, 0.05) is 17.8 Å². The molecule has 2 heteroatoms. The van der Waals surface area contributed by atoms with Crippen LogP contribution in [0.1, 0.15) is 58.3 Å². The first kappa shape index (κ1) is 12.8. The lowest BCUT2D eigenvalue weighted by atomic mass is 9.53. The van der Waals surface area contributed by atoms with E-state index in [0.717, 1.165) is 25.7 Å². The number of rotatable bonds is 0. The van der Waals surface area contributed by atoms with Crippen LogP contribution in [0.4, 0.5) is 0 Å². The molecule has 0 aromatic heterocycles. The molecule has 4 aliphatic rings. The second-order valence-electron chi connectivity index (χ2n) is 7.69. The van der Waals surface area contributed by atoms with Gasteiger partial charge in [-0.05, 0) is 62.4 Å². The van der Waals surface area contributed by atoms with Gasteiger partial charge in [-0.3, -0.25) is 9.59 Å². The van der Waals surface area contributed by atoms with E-state index >= 15 is 0 Å². The molecule has 0 saturated heterocycles. The van der Waals surface area contributed by atoms with Crippen molar-refractivity contribution in [3.8, 4) is 0 Å². The van der Waals surface area contributed by atoms with Gasteiger partial charge in [0.25, 0.3) is 0 Å². The molecule has 20 heavy (non-hydrogen) atoms. The van der Waals surface area contributed by atoms with Gasteiger partial charge in [-0.15, -0.1) is 0 Å². The first-order valence-electron chi connectivity index (χ1n) is 8.39. The van der Waals surface area contributed by atoms with E-state index in [1.165, 1.54) is 24.8 Å². The fraction of sp³-hybridized carbons (Fsp3) is 0.778. The molecule has 2 nitrogen and oxygen atoms in total. The average molecular weight is 272 g/mol. The number of fused-ring (bicyclic) bond motifs is 5. The Hall–Kier alpha value is -0.920.